The van der Waals surface area contributed by atoms with Gasteiger partial charge in [-0.25, -0.2) is 0 Å². The number of amides is 1. The highest BCUT2D eigenvalue weighted by Crippen LogP contribution is 2.35. The van der Waals surface area contributed by atoms with Crippen molar-refractivity contribution in [1.82, 2.24) is 5.32 Å². The molecule has 0 aromatic heterocycles. The molecular formula is C18H28N2O2. The molecule has 0 aliphatic carbocycles. The summed E-state index contributed by atoms with van der Waals surface area (Å²) < 4.78 is 0.892. The molecule has 0 saturated carbocycles. The molecule has 1 aromatic rings. The molecule has 1 amide bonds. The van der Waals surface area contributed by atoms with E-state index >= 15 is 0 Å². The Labute approximate surface area is 133 Å². The van der Waals surface area contributed by atoms with Crippen LogP contribution in [0.3, 0.4) is 0 Å². The van der Waals surface area contributed by atoms with Crippen LogP contribution in [0.15, 0.2) is 30.3 Å². The van der Waals surface area contributed by atoms with Crippen LogP contribution in [0, 0.1) is 5.92 Å². The molecule has 1 aromatic carbocycles. The summed E-state index contributed by atoms with van der Waals surface area (Å²) in [4.78, 5) is 11.0. The summed E-state index contributed by atoms with van der Waals surface area (Å²) in [7, 11) is 0. The molecule has 1 aliphatic heterocycles. The highest BCUT2D eigenvalue weighted by atomic mass is 16.4. The Balaban J connectivity index is 2.30. The van der Waals surface area contributed by atoms with Crippen molar-refractivity contribution in [2.24, 2.45) is 5.92 Å². The first-order valence-electron chi connectivity index (χ1n) is 8.09. The molecule has 0 spiro atoms. The summed E-state index contributed by atoms with van der Waals surface area (Å²) in [5.74, 6) is 0.480. The second kappa shape index (κ2) is 6.29. The fraction of sp³-hybridized carbons (Fsp3) is 0.611. The first-order chi connectivity index (χ1) is 10.2. The van der Waals surface area contributed by atoms with Crippen LogP contribution in [0.5, 0.6) is 0 Å². The number of hydrogen-bond acceptors (Lipinski definition) is 2. The smallest absolute Gasteiger partial charge is 0.134 e. The van der Waals surface area contributed by atoms with E-state index in [0.717, 1.165) is 30.5 Å². The lowest BCUT2D eigenvalue weighted by Gasteiger charge is -2.54. The number of benzene rings is 1. The third-order valence-electron chi connectivity index (χ3n) is 4.99. The van der Waals surface area contributed by atoms with Gasteiger partial charge in [0.2, 0.25) is 0 Å². The third-order valence-corrected chi connectivity index (χ3v) is 4.99. The van der Waals surface area contributed by atoms with Crippen molar-refractivity contribution >= 4 is 6.09 Å². The molecule has 3 atom stereocenters. The molecule has 0 bridgehead atoms. The van der Waals surface area contributed by atoms with Gasteiger partial charge in [0.15, 0.2) is 0 Å². The molecule has 1 saturated heterocycles. The fourth-order valence-electron chi connectivity index (χ4n) is 3.85. The van der Waals surface area contributed by atoms with E-state index in [2.05, 4.69) is 57.3 Å². The van der Waals surface area contributed by atoms with Crippen molar-refractivity contribution < 1.29 is 14.4 Å². The minimum atomic E-state index is -1.16. The first kappa shape index (κ1) is 16.8. The molecule has 22 heavy (non-hydrogen) atoms. The van der Waals surface area contributed by atoms with E-state index in [0.29, 0.717) is 5.92 Å². The molecule has 4 nitrogen and oxygen atoms in total. The molecule has 1 unspecified atom stereocenters. The summed E-state index contributed by atoms with van der Waals surface area (Å²) in [6.07, 6.45) is -0.274. The quantitative estimate of drug-likeness (QED) is 0.870. The minimum Gasteiger partial charge on any atom is -0.530 e. The predicted octanol–water partition coefficient (Wildman–Crippen LogP) is 2.14. The Bertz CT molecular complexity index is 510. The zero-order chi connectivity index (χ0) is 16.4. The van der Waals surface area contributed by atoms with Gasteiger partial charge >= 0.3 is 0 Å². The number of nitrogens with zero attached hydrogens (tertiary/aromatic N) is 1. The monoisotopic (exact) mass is 304 g/mol. The molecule has 1 aliphatic rings. The number of carbonyl (C=O) groups excluding carboxylic acids is 1. The van der Waals surface area contributed by atoms with Crippen molar-refractivity contribution in [3.63, 3.8) is 0 Å². The van der Waals surface area contributed by atoms with Gasteiger partial charge in [-0.05, 0) is 27.2 Å². The standard InChI is InChI=1S/C18H28N2O2/c1-14-10-16(19-17(21)22)13-20(11-14,18(2,3)4)12-15-8-6-5-7-9-15/h5-9,14,16,19H,10-13H2,1-4H3/t14-,16-,20?/m1/s1. The fourth-order valence-corrected chi connectivity index (χ4v) is 3.85. The lowest BCUT2D eigenvalue weighted by Crippen LogP contribution is -2.68. The average Bonchev–Trinajstić information content (AvgIpc) is 2.36. The van der Waals surface area contributed by atoms with Crippen LogP contribution in [-0.2, 0) is 6.54 Å². The molecule has 0 radical (unpaired) electrons. The first-order valence-corrected chi connectivity index (χ1v) is 8.09. The van der Waals surface area contributed by atoms with Crippen LogP contribution in [0.25, 0.3) is 0 Å². The maximum absolute atomic E-state index is 11.0. The number of likely N-dealkylation sites (tertiary alicyclic amines) is 1. The van der Waals surface area contributed by atoms with Gasteiger partial charge in [0.25, 0.3) is 0 Å². The van der Waals surface area contributed by atoms with E-state index in [1.165, 1.54) is 5.56 Å². The number of carboxylic acid groups (broad SMARTS) is 1. The molecule has 2 rings (SSSR count). The molecule has 1 N–H and O–H groups in total. The van der Waals surface area contributed by atoms with Gasteiger partial charge in [0.1, 0.15) is 12.6 Å². The van der Waals surface area contributed by atoms with Crippen molar-refractivity contribution in [2.75, 3.05) is 13.1 Å². The van der Waals surface area contributed by atoms with Gasteiger partial charge < -0.3 is 19.7 Å². The van der Waals surface area contributed by atoms with Gasteiger partial charge in [-0.1, -0.05) is 37.3 Å². The number of quaternary nitrogens is 1. The molecular weight excluding hydrogens is 276 g/mol. The Morgan fingerprint density at radius 2 is 1.91 bits per heavy atom. The van der Waals surface area contributed by atoms with Gasteiger partial charge in [0.05, 0.1) is 24.7 Å². The minimum absolute atomic E-state index is 0.0308. The summed E-state index contributed by atoms with van der Waals surface area (Å²) >= 11 is 0. The van der Waals surface area contributed by atoms with Crippen LogP contribution in [0.4, 0.5) is 4.79 Å². The predicted molar refractivity (Wildman–Crippen MR) is 86.0 cm³/mol. The average molecular weight is 304 g/mol. The maximum atomic E-state index is 11.0. The van der Waals surface area contributed by atoms with Gasteiger partial charge in [-0.3, -0.25) is 0 Å². The van der Waals surface area contributed by atoms with Crippen LogP contribution in [0.2, 0.25) is 0 Å². The van der Waals surface area contributed by atoms with Crippen LogP contribution in [0.1, 0.15) is 39.7 Å². The molecule has 1 fully saturated rings. The molecule has 122 valence electrons. The third kappa shape index (κ3) is 3.80. The largest absolute Gasteiger partial charge is 0.530 e. The number of nitrogens with one attached hydrogen (secondary N) is 1. The normalized spacial score (nSPS) is 29.1. The summed E-state index contributed by atoms with van der Waals surface area (Å²) in [6.45, 7) is 11.8. The summed E-state index contributed by atoms with van der Waals surface area (Å²) in [6, 6.07) is 10.5. The number of carbonyl (C=O) groups is 1. The van der Waals surface area contributed by atoms with Crippen molar-refractivity contribution in [3.8, 4) is 0 Å². The second-order valence-electron chi connectivity index (χ2n) is 7.79. The Kier molecular flexibility index (Phi) is 4.81. The van der Waals surface area contributed by atoms with Crippen molar-refractivity contribution in [2.45, 2.75) is 52.2 Å². The molecule has 1 heterocycles. The number of rotatable bonds is 3. The Morgan fingerprint density at radius 3 is 2.45 bits per heavy atom. The Hall–Kier alpha value is -1.55. The van der Waals surface area contributed by atoms with Crippen molar-refractivity contribution in [3.05, 3.63) is 35.9 Å². The number of hydrogen-bond donors (Lipinski definition) is 1. The summed E-state index contributed by atoms with van der Waals surface area (Å²) in [5, 5.41) is 13.6. The second-order valence-corrected chi connectivity index (χ2v) is 7.79. The SMILES string of the molecule is C[C@@H]1C[C@@H](NC(=O)[O-])C[N+](Cc2ccccc2)(C(C)(C)C)C1. The van der Waals surface area contributed by atoms with Gasteiger partial charge in [0, 0.05) is 11.5 Å². The topological polar surface area (TPSA) is 52.2 Å². The molecule has 4 heteroatoms. The van der Waals surface area contributed by atoms with E-state index in [4.69, 9.17) is 0 Å². The van der Waals surface area contributed by atoms with Crippen LogP contribution >= 0.6 is 0 Å². The number of piperidine rings is 1. The van der Waals surface area contributed by atoms with Gasteiger partial charge in [-0.2, -0.15) is 0 Å². The lowest BCUT2D eigenvalue weighted by molar-refractivity contribution is -0.990. The van der Waals surface area contributed by atoms with E-state index in [-0.39, 0.29) is 11.6 Å². The van der Waals surface area contributed by atoms with Crippen molar-refractivity contribution in [1.29, 1.82) is 0 Å². The van der Waals surface area contributed by atoms with Gasteiger partial charge in [-0.15, -0.1) is 0 Å². The van der Waals surface area contributed by atoms with E-state index in [1.54, 1.807) is 0 Å². The summed E-state index contributed by atoms with van der Waals surface area (Å²) in [5.41, 5.74) is 1.36. The Morgan fingerprint density at radius 1 is 1.27 bits per heavy atom. The van der Waals surface area contributed by atoms with Crippen LogP contribution in [-0.4, -0.2) is 35.2 Å². The maximum Gasteiger partial charge on any atom is 0.134 e. The van der Waals surface area contributed by atoms with Crippen LogP contribution < -0.4 is 10.4 Å². The zero-order valence-corrected chi connectivity index (χ0v) is 14.1. The van der Waals surface area contributed by atoms with E-state index in [1.807, 2.05) is 6.07 Å². The zero-order valence-electron chi connectivity index (χ0n) is 14.1. The van der Waals surface area contributed by atoms with E-state index < -0.39 is 6.09 Å². The highest BCUT2D eigenvalue weighted by Gasteiger charge is 2.46. The highest BCUT2D eigenvalue weighted by molar-refractivity contribution is 5.62. The van der Waals surface area contributed by atoms with E-state index in [9.17, 15) is 9.90 Å². The lowest BCUT2D eigenvalue weighted by atomic mass is 9.87.